The van der Waals surface area contributed by atoms with Crippen LogP contribution in [0.1, 0.15) is 46.2 Å². The van der Waals surface area contributed by atoms with Crippen molar-refractivity contribution in [1.29, 1.82) is 0 Å². The van der Waals surface area contributed by atoms with Gasteiger partial charge in [0.2, 0.25) is 0 Å². The van der Waals surface area contributed by atoms with Crippen molar-refractivity contribution >= 4 is 61.3 Å². The Morgan fingerprint density at radius 3 is 1.53 bits per heavy atom. The van der Waals surface area contributed by atoms with Crippen LogP contribution in [0.25, 0.3) is 123 Å². The van der Waals surface area contributed by atoms with Gasteiger partial charge in [0.25, 0.3) is 0 Å². The summed E-state index contributed by atoms with van der Waals surface area (Å²) in [4.78, 5) is 33.8. The third-order valence-electron chi connectivity index (χ3n) is 16.1. The molecule has 3 aromatic carbocycles. The molecule has 12 heteroatoms. The first-order valence-electron chi connectivity index (χ1n) is 27.3. The molecule has 1 aliphatic carbocycles. The number of nitrogens with one attached hydrogen (secondary N) is 2. The van der Waals surface area contributed by atoms with Gasteiger partial charge < -0.3 is 24.3 Å². The van der Waals surface area contributed by atoms with E-state index in [1.807, 2.05) is 68.0 Å². The lowest BCUT2D eigenvalue weighted by atomic mass is 9.93. The number of nitrogens with zero attached hydrogens (tertiary/aromatic N) is 10. The van der Waals surface area contributed by atoms with Gasteiger partial charge in [-0.15, -0.1) is 0 Å². The fourth-order valence-electron chi connectivity index (χ4n) is 12.2. The molecule has 1 unspecified atom stereocenters. The number of benzene rings is 3. The lowest BCUT2D eigenvalue weighted by Gasteiger charge is -2.20. The summed E-state index contributed by atoms with van der Waals surface area (Å²) in [6, 6.07) is 48.6. The standard InChI is InChI=1S/C69H48N12/c1-4-10-64-52(7-1)55-40-70-28-25-67(55)79(64)49-16-22-61(76-37-49)58-19-13-43(34-73-58)46-31-47(44-14-20-59(74-35-44)62-23-17-50(38-77-62)80-65-11-5-2-8-53(65)56-41-71-29-26-68(56)80)33-48(32-46)45-15-21-60(75-36-45)63-24-18-51(39-78-63)81-66-12-6-3-9-54(66)57-42-72-30-27-69(57)81/h1-2,4-8,10-41,58,72-73H,3,9,42H2. The highest BCUT2D eigenvalue weighted by Crippen LogP contribution is 2.38. The highest BCUT2D eigenvalue weighted by molar-refractivity contribution is 6.09. The normalized spacial score (nSPS) is 14.5. The molecule has 10 aromatic heterocycles. The number of dihydropyridines is 1. The van der Waals surface area contributed by atoms with Crippen molar-refractivity contribution in [1.82, 2.24) is 59.2 Å². The van der Waals surface area contributed by atoms with Gasteiger partial charge >= 0.3 is 0 Å². The van der Waals surface area contributed by atoms with E-state index in [1.165, 1.54) is 27.9 Å². The zero-order valence-electron chi connectivity index (χ0n) is 43.7. The molecule has 0 amide bonds. The van der Waals surface area contributed by atoms with E-state index in [4.69, 9.17) is 24.9 Å². The predicted molar refractivity (Wildman–Crippen MR) is 323 cm³/mol. The van der Waals surface area contributed by atoms with Crippen molar-refractivity contribution in [3.8, 4) is 62.1 Å². The van der Waals surface area contributed by atoms with E-state index < -0.39 is 0 Å². The third-order valence-corrected chi connectivity index (χ3v) is 16.1. The molecule has 2 N–H and O–H groups in total. The van der Waals surface area contributed by atoms with Gasteiger partial charge in [-0.3, -0.25) is 34.9 Å². The van der Waals surface area contributed by atoms with Crippen LogP contribution in [-0.4, -0.2) is 48.6 Å². The molecule has 12 nitrogen and oxygen atoms in total. The number of hydrogen-bond acceptors (Lipinski definition) is 9. The average Bonchev–Trinajstić information content (AvgIpc) is 4.26. The van der Waals surface area contributed by atoms with Crippen LogP contribution >= 0.6 is 0 Å². The molecular weight excluding hydrogens is 997 g/mol. The summed E-state index contributed by atoms with van der Waals surface area (Å²) in [5.74, 6) is 0. The van der Waals surface area contributed by atoms with Crippen LogP contribution in [0.15, 0.2) is 226 Å². The second-order valence-corrected chi connectivity index (χ2v) is 20.7. The van der Waals surface area contributed by atoms with Gasteiger partial charge in [0.15, 0.2) is 0 Å². The minimum Gasteiger partial charge on any atom is -0.387 e. The average molecular weight is 1050 g/mol. The SMILES string of the molecule is C1=Cc2c(c3c(n2-c2ccc(-c4ccc(-c5cc(C6=CNC(c7ccc(-n8c9ccccc9c9cnccc98)cn7)C=C6)cc(-c6ccc(-c7ccc(-n8c9ccccc9c9cnccc98)cn7)nc6)c5)cn4)nc2)C=CNC3)CC1. The molecule has 13 aromatic rings. The molecule has 0 saturated heterocycles. The molecule has 0 spiro atoms. The molecule has 0 saturated carbocycles. The molecular formula is C69H48N12. The summed E-state index contributed by atoms with van der Waals surface area (Å²) >= 11 is 0. The number of fused-ring (bicyclic) bond motifs is 9. The van der Waals surface area contributed by atoms with Gasteiger partial charge in [0, 0.05) is 93.9 Å². The Balaban J connectivity index is 0.705. The molecule has 384 valence electrons. The minimum atomic E-state index is -0.115. The first-order chi connectivity index (χ1) is 40.1. The van der Waals surface area contributed by atoms with Gasteiger partial charge in [0.05, 0.1) is 97.9 Å². The Morgan fingerprint density at radius 1 is 0.432 bits per heavy atom. The third kappa shape index (κ3) is 7.86. The number of rotatable bonds is 9. The van der Waals surface area contributed by atoms with Crippen molar-refractivity contribution in [2.24, 2.45) is 0 Å². The van der Waals surface area contributed by atoms with E-state index in [0.29, 0.717) is 0 Å². The quantitative estimate of drug-likeness (QED) is 0.145. The van der Waals surface area contributed by atoms with Gasteiger partial charge in [-0.05, 0) is 150 Å². The van der Waals surface area contributed by atoms with Crippen molar-refractivity contribution in [2.75, 3.05) is 0 Å². The van der Waals surface area contributed by atoms with E-state index in [1.54, 1.807) is 0 Å². The van der Waals surface area contributed by atoms with E-state index in [0.717, 1.165) is 137 Å². The molecule has 0 radical (unpaired) electrons. The first kappa shape index (κ1) is 46.3. The molecule has 81 heavy (non-hydrogen) atoms. The largest absolute Gasteiger partial charge is 0.387 e. The summed E-state index contributed by atoms with van der Waals surface area (Å²) in [5, 5.41) is 11.6. The Hall–Kier alpha value is -10.9. The van der Waals surface area contributed by atoms with Crippen LogP contribution in [0, 0.1) is 0 Å². The van der Waals surface area contributed by atoms with Crippen molar-refractivity contribution in [3.63, 3.8) is 0 Å². The molecule has 0 fully saturated rings. The van der Waals surface area contributed by atoms with Crippen molar-refractivity contribution in [3.05, 3.63) is 260 Å². The van der Waals surface area contributed by atoms with Crippen LogP contribution in [0.2, 0.25) is 0 Å². The lowest BCUT2D eigenvalue weighted by Crippen LogP contribution is -2.17. The second kappa shape index (κ2) is 19.0. The van der Waals surface area contributed by atoms with Gasteiger partial charge in [0.1, 0.15) is 0 Å². The van der Waals surface area contributed by atoms with Gasteiger partial charge in [-0.2, -0.15) is 0 Å². The molecule has 12 heterocycles. The highest BCUT2D eigenvalue weighted by Gasteiger charge is 2.24. The minimum absolute atomic E-state index is 0.115. The number of aromatic nitrogens is 10. The molecule has 2 aliphatic heterocycles. The lowest BCUT2D eigenvalue weighted by molar-refractivity contribution is 0.723. The second-order valence-electron chi connectivity index (χ2n) is 20.7. The van der Waals surface area contributed by atoms with E-state index in [9.17, 15) is 0 Å². The molecule has 1 atom stereocenters. The number of allylic oxidation sites excluding steroid dienone is 3. The van der Waals surface area contributed by atoms with Crippen LogP contribution in [0.4, 0.5) is 0 Å². The molecule has 0 bridgehead atoms. The Kier molecular flexibility index (Phi) is 10.8. The Labute approximate surface area is 465 Å². The highest BCUT2D eigenvalue weighted by atomic mass is 15.0. The predicted octanol–water partition coefficient (Wildman–Crippen LogP) is 14.4. The first-order valence-corrected chi connectivity index (χ1v) is 27.3. The number of pyridine rings is 7. The summed E-state index contributed by atoms with van der Waals surface area (Å²) in [7, 11) is 0. The maximum absolute atomic E-state index is 5.02. The maximum Gasteiger partial charge on any atom is 0.0887 e. The fraction of sp³-hybridized carbons (Fsp3) is 0.0580. The maximum atomic E-state index is 5.02. The molecule has 3 aliphatic rings. The van der Waals surface area contributed by atoms with Gasteiger partial charge in [-0.1, -0.05) is 66.8 Å². The van der Waals surface area contributed by atoms with Crippen LogP contribution in [0.5, 0.6) is 0 Å². The number of hydrogen-bond donors (Lipinski definition) is 2. The van der Waals surface area contributed by atoms with E-state index >= 15 is 0 Å². The van der Waals surface area contributed by atoms with E-state index in [2.05, 4.69) is 204 Å². The van der Waals surface area contributed by atoms with E-state index in [-0.39, 0.29) is 6.04 Å². The summed E-state index contributed by atoms with van der Waals surface area (Å²) in [5.41, 5.74) is 22.9. The van der Waals surface area contributed by atoms with Crippen molar-refractivity contribution in [2.45, 2.75) is 25.4 Å². The smallest absolute Gasteiger partial charge is 0.0887 e. The zero-order chi connectivity index (χ0) is 53.4. The summed E-state index contributed by atoms with van der Waals surface area (Å²) in [6.07, 6.45) is 34.6. The zero-order valence-corrected chi connectivity index (χ0v) is 43.7. The topological polar surface area (TPSA) is 129 Å². The van der Waals surface area contributed by atoms with Crippen molar-refractivity contribution < 1.29 is 0 Å². The Bertz CT molecular complexity index is 4600. The summed E-state index contributed by atoms with van der Waals surface area (Å²) < 4.78 is 6.84. The monoisotopic (exact) mass is 1040 g/mol. The Morgan fingerprint density at radius 2 is 0.975 bits per heavy atom. The van der Waals surface area contributed by atoms with Crippen LogP contribution < -0.4 is 10.6 Å². The van der Waals surface area contributed by atoms with Crippen LogP contribution in [0.3, 0.4) is 0 Å². The summed E-state index contributed by atoms with van der Waals surface area (Å²) in [6.45, 7) is 0.839. The number of para-hydroxylation sites is 2. The molecule has 16 rings (SSSR count). The fourth-order valence-corrected chi connectivity index (χ4v) is 12.2. The van der Waals surface area contributed by atoms with Gasteiger partial charge in [-0.25, -0.2) is 0 Å². The van der Waals surface area contributed by atoms with Crippen LogP contribution in [-0.2, 0) is 13.0 Å².